The number of hydrogen-bond donors (Lipinski definition) is 1. The predicted molar refractivity (Wildman–Crippen MR) is 79.7 cm³/mol. The number of nitrogens with zero attached hydrogens (tertiary/aromatic N) is 4. The van der Waals surface area contributed by atoms with Crippen LogP contribution in [-0.2, 0) is 19.5 Å². The standard InChI is InChI=1S/C15H25N5O/c1-10(2)11(3)20(12-6-7-12)15(21)16-9-14-18-17-13-5-4-8-19(13)14/h10-12H,4-9H2,1-3H3,(H,16,21)/t11-/m0/s1. The molecule has 1 fully saturated rings. The zero-order valence-corrected chi connectivity index (χ0v) is 13.2. The van der Waals surface area contributed by atoms with Crippen LogP contribution in [0.3, 0.4) is 0 Å². The monoisotopic (exact) mass is 291 g/mol. The van der Waals surface area contributed by atoms with E-state index in [0.717, 1.165) is 43.9 Å². The Balaban J connectivity index is 1.62. The molecule has 0 unspecified atom stereocenters. The molecule has 1 N–H and O–H groups in total. The van der Waals surface area contributed by atoms with Gasteiger partial charge in [0.1, 0.15) is 5.82 Å². The molecule has 1 aromatic rings. The molecule has 116 valence electrons. The third-order valence-corrected chi connectivity index (χ3v) is 4.66. The van der Waals surface area contributed by atoms with Gasteiger partial charge in [0.25, 0.3) is 0 Å². The molecule has 1 saturated carbocycles. The quantitative estimate of drug-likeness (QED) is 0.902. The maximum absolute atomic E-state index is 12.5. The Labute approximate surface area is 125 Å². The zero-order chi connectivity index (χ0) is 15.0. The normalized spacial score (nSPS) is 18.7. The molecule has 0 spiro atoms. The van der Waals surface area contributed by atoms with Crippen molar-refractivity contribution >= 4 is 6.03 Å². The molecule has 0 bridgehead atoms. The number of aromatic nitrogens is 3. The first-order valence-corrected chi connectivity index (χ1v) is 8.05. The average Bonchev–Trinajstić information content (AvgIpc) is 3.02. The Bertz CT molecular complexity index is 520. The highest BCUT2D eigenvalue weighted by Crippen LogP contribution is 2.30. The van der Waals surface area contributed by atoms with E-state index < -0.39 is 0 Å². The fraction of sp³-hybridized carbons (Fsp3) is 0.800. The van der Waals surface area contributed by atoms with Gasteiger partial charge < -0.3 is 14.8 Å². The average molecular weight is 291 g/mol. The zero-order valence-electron chi connectivity index (χ0n) is 13.2. The highest BCUT2D eigenvalue weighted by molar-refractivity contribution is 5.75. The van der Waals surface area contributed by atoms with E-state index in [9.17, 15) is 4.79 Å². The van der Waals surface area contributed by atoms with E-state index in [-0.39, 0.29) is 12.1 Å². The summed E-state index contributed by atoms with van der Waals surface area (Å²) in [5.74, 6) is 2.39. The minimum absolute atomic E-state index is 0.0362. The van der Waals surface area contributed by atoms with Gasteiger partial charge in [-0.3, -0.25) is 0 Å². The molecule has 0 aromatic carbocycles. The highest BCUT2D eigenvalue weighted by Gasteiger charge is 2.36. The van der Waals surface area contributed by atoms with Gasteiger partial charge >= 0.3 is 6.03 Å². The third-order valence-electron chi connectivity index (χ3n) is 4.66. The van der Waals surface area contributed by atoms with Crippen LogP contribution in [0.25, 0.3) is 0 Å². The van der Waals surface area contributed by atoms with Gasteiger partial charge in [0.05, 0.1) is 6.54 Å². The Morgan fingerprint density at radius 1 is 1.38 bits per heavy atom. The number of carbonyl (C=O) groups excluding carboxylic acids is 1. The fourth-order valence-electron chi connectivity index (χ4n) is 2.94. The number of amides is 2. The molecule has 6 nitrogen and oxygen atoms in total. The Morgan fingerprint density at radius 2 is 2.14 bits per heavy atom. The van der Waals surface area contributed by atoms with Gasteiger partial charge in [-0.05, 0) is 32.1 Å². The molecule has 2 heterocycles. The van der Waals surface area contributed by atoms with Crippen LogP contribution in [0.5, 0.6) is 0 Å². The summed E-state index contributed by atoms with van der Waals surface area (Å²) in [5, 5.41) is 11.4. The van der Waals surface area contributed by atoms with E-state index in [1.165, 1.54) is 0 Å². The maximum Gasteiger partial charge on any atom is 0.318 e. The van der Waals surface area contributed by atoms with E-state index in [4.69, 9.17) is 0 Å². The van der Waals surface area contributed by atoms with Crippen LogP contribution in [0.15, 0.2) is 0 Å². The van der Waals surface area contributed by atoms with Gasteiger partial charge in [-0.1, -0.05) is 13.8 Å². The lowest BCUT2D eigenvalue weighted by Crippen LogP contribution is -2.48. The van der Waals surface area contributed by atoms with Crippen LogP contribution < -0.4 is 5.32 Å². The molecule has 1 aromatic heterocycles. The number of aryl methyl sites for hydroxylation is 1. The van der Waals surface area contributed by atoms with Crippen LogP contribution in [0.4, 0.5) is 4.79 Å². The lowest BCUT2D eigenvalue weighted by molar-refractivity contribution is 0.156. The Hall–Kier alpha value is -1.59. The van der Waals surface area contributed by atoms with Crippen molar-refractivity contribution in [3.05, 3.63) is 11.6 Å². The van der Waals surface area contributed by atoms with Crippen molar-refractivity contribution in [1.82, 2.24) is 25.0 Å². The van der Waals surface area contributed by atoms with Gasteiger partial charge in [0.15, 0.2) is 5.82 Å². The summed E-state index contributed by atoms with van der Waals surface area (Å²) < 4.78 is 2.13. The van der Waals surface area contributed by atoms with E-state index in [1.807, 2.05) is 4.90 Å². The number of carbonyl (C=O) groups is 1. The molecule has 2 aliphatic rings. The van der Waals surface area contributed by atoms with Crippen LogP contribution >= 0.6 is 0 Å². The summed E-state index contributed by atoms with van der Waals surface area (Å²) in [4.78, 5) is 14.5. The lowest BCUT2D eigenvalue weighted by atomic mass is 10.0. The van der Waals surface area contributed by atoms with Gasteiger partial charge in [0, 0.05) is 25.0 Å². The topological polar surface area (TPSA) is 63.1 Å². The Morgan fingerprint density at radius 3 is 2.81 bits per heavy atom. The van der Waals surface area contributed by atoms with Crippen LogP contribution in [0, 0.1) is 5.92 Å². The minimum Gasteiger partial charge on any atom is -0.331 e. The molecule has 0 saturated heterocycles. The summed E-state index contributed by atoms with van der Waals surface area (Å²) in [6, 6.07) is 0.724. The number of fused-ring (bicyclic) bond motifs is 1. The first-order chi connectivity index (χ1) is 10.1. The molecule has 6 heteroatoms. The summed E-state index contributed by atoms with van der Waals surface area (Å²) in [7, 11) is 0. The summed E-state index contributed by atoms with van der Waals surface area (Å²) in [6.07, 6.45) is 4.39. The fourth-order valence-corrected chi connectivity index (χ4v) is 2.94. The summed E-state index contributed by atoms with van der Waals surface area (Å²) >= 11 is 0. The van der Waals surface area contributed by atoms with E-state index >= 15 is 0 Å². The van der Waals surface area contributed by atoms with Gasteiger partial charge in [0.2, 0.25) is 0 Å². The van der Waals surface area contributed by atoms with Crippen molar-refractivity contribution in [2.75, 3.05) is 0 Å². The third kappa shape index (κ3) is 2.89. The molecule has 3 rings (SSSR count). The lowest BCUT2D eigenvalue weighted by Gasteiger charge is -2.32. The molecule has 1 aliphatic heterocycles. The van der Waals surface area contributed by atoms with Crippen LogP contribution in [0.1, 0.15) is 51.7 Å². The molecule has 21 heavy (non-hydrogen) atoms. The number of rotatable bonds is 5. The van der Waals surface area contributed by atoms with Crippen molar-refractivity contribution in [3.63, 3.8) is 0 Å². The molecule has 2 amide bonds. The number of urea groups is 1. The second-order valence-electron chi connectivity index (χ2n) is 6.57. The largest absolute Gasteiger partial charge is 0.331 e. The van der Waals surface area contributed by atoms with Crippen molar-refractivity contribution in [2.24, 2.45) is 5.92 Å². The van der Waals surface area contributed by atoms with Crippen molar-refractivity contribution in [2.45, 2.75) is 71.6 Å². The van der Waals surface area contributed by atoms with Gasteiger partial charge in [-0.15, -0.1) is 10.2 Å². The molecule has 0 radical (unpaired) electrons. The maximum atomic E-state index is 12.5. The molecular weight excluding hydrogens is 266 g/mol. The smallest absolute Gasteiger partial charge is 0.318 e. The van der Waals surface area contributed by atoms with Crippen molar-refractivity contribution in [1.29, 1.82) is 0 Å². The predicted octanol–water partition coefficient (Wildman–Crippen LogP) is 1.94. The minimum atomic E-state index is 0.0362. The van der Waals surface area contributed by atoms with Crippen molar-refractivity contribution < 1.29 is 4.79 Å². The van der Waals surface area contributed by atoms with Crippen molar-refractivity contribution in [3.8, 4) is 0 Å². The van der Waals surface area contributed by atoms with Gasteiger partial charge in [-0.25, -0.2) is 4.79 Å². The summed E-state index contributed by atoms with van der Waals surface area (Å²) in [6.45, 7) is 7.91. The molecular formula is C15H25N5O. The summed E-state index contributed by atoms with van der Waals surface area (Å²) in [5.41, 5.74) is 0. The second-order valence-corrected chi connectivity index (χ2v) is 6.57. The molecule has 1 aliphatic carbocycles. The second kappa shape index (κ2) is 5.66. The van der Waals surface area contributed by atoms with E-state index in [0.29, 0.717) is 18.5 Å². The molecule has 1 atom stereocenters. The Kier molecular flexibility index (Phi) is 3.87. The highest BCUT2D eigenvalue weighted by atomic mass is 16.2. The van der Waals surface area contributed by atoms with E-state index in [1.54, 1.807) is 0 Å². The number of nitrogens with one attached hydrogen (secondary N) is 1. The van der Waals surface area contributed by atoms with Gasteiger partial charge in [-0.2, -0.15) is 0 Å². The SMILES string of the molecule is CC(C)[C@H](C)N(C(=O)NCc1nnc2n1CCC2)C1CC1. The first kappa shape index (κ1) is 14.4. The number of hydrogen-bond acceptors (Lipinski definition) is 3. The van der Waals surface area contributed by atoms with Crippen LogP contribution in [0.2, 0.25) is 0 Å². The van der Waals surface area contributed by atoms with E-state index in [2.05, 4.69) is 40.9 Å². The first-order valence-electron chi connectivity index (χ1n) is 8.05. The van der Waals surface area contributed by atoms with Crippen LogP contribution in [-0.4, -0.2) is 37.8 Å².